The summed E-state index contributed by atoms with van der Waals surface area (Å²) in [5.74, 6) is -1.10. The molecular weight excluding hydrogens is 348 g/mol. The van der Waals surface area contributed by atoms with Crippen molar-refractivity contribution in [1.82, 2.24) is 0 Å². The highest BCUT2D eigenvalue weighted by Crippen LogP contribution is 2.30. The van der Waals surface area contributed by atoms with Crippen LogP contribution in [0.1, 0.15) is 28.4 Å². The number of amides is 1. The Morgan fingerprint density at radius 1 is 1.11 bits per heavy atom. The van der Waals surface area contributed by atoms with E-state index in [1.807, 2.05) is 0 Å². The van der Waals surface area contributed by atoms with Crippen LogP contribution in [0.5, 0.6) is 11.5 Å². The van der Waals surface area contributed by atoms with Crippen molar-refractivity contribution in [3.8, 4) is 17.6 Å². The second-order valence-corrected chi connectivity index (χ2v) is 5.43. The van der Waals surface area contributed by atoms with Crippen LogP contribution in [0.2, 0.25) is 0 Å². The fourth-order valence-corrected chi connectivity index (χ4v) is 2.28. The van der Waals surface area contributed by atoms with Crippen LogP contribution in [-0.4, -0.2) is 25.1 Å². The summed E-state index contributed by atoms with van der Waals surface area (Å²) in [6, 6.07) is 12.9. The number of carbonyl (C=O) groups excluding carboxylic acids is 2. The van der Waals surface area contributed by atoms with Gasteiger partial charge in [0.1, 0.15) is 0 Å². The van der Waals surface area contributed by atoms with Gasteiger partial charge in [0.15, 0.2) is 18.1 Å². The van der Waals surface area contributed by atoms with Crippen molar-refractivity contribution in [1.29, 1.82) is 5.26 Å². The number of nitrogens with zero attached hydrogens (tertiary/aromatic N) is 1. The van der Waals surface area contributed by atoms with E-state index in [1.54, 1.807) is 31.2 Å². The molecule has 0 radical (unpaired) electrons. The van der Waals surface area contributed by atoms with Crippen molar-refractivity contribution in [2.75, 3.05) is 13.2 Å². The van der Waals surface area contributed by atoms with Gasteiger partial charge in [0.2, 0.25) is 0 Å². The number of hydrogen-bond acceptors (Lipinski definition) is 6. The Morgan fingerprint density at radius 2 is 1.78 bits per heavy atom. The molecule has 0 heterocycles. The van der Waals surface area contributed by atoms with Crippen LogP contribution in [-0.2, 0) is 4.79 Å². The number of aromatic carboxylic acids is 1. The molecule has 0 aliphatic heterocycles. The lowest BCUT2D eigenvalue weighted by atomic mass is 10.0. The second kappa shape index (κ2) is 9.06. The standard InChI is InChI=1S/C20H18N2O5/c1-2-26-18-10-13(3-8-17(18)27-12-19(22)23)9-16(11-21)14-4-6-15(7-5-14)20(24)25/h3-10H,2,12H2,1H3,(H2,22,23)(H,24,25)/p-1/b16-9+. The number of carboxylic acid groups (broad SMARTS) is 1. The van der Waals surface area contributed by atoms with Gasteiger partial charge in [0.25, 0.3) is 5.91 Å². The molecule has 0 unspecified atom stereocenters. The van der Waals surface area contributed by atoms with Gasteiger partial charge >= 0.3 is 0 Å². The minimum absolute atomic E-state index is 0.0330. The topological polar surface area (TPSA) is 125 Å². The van der Waals surface area contributed by atoms with Gasteiger partial charge in [0, 0.05) is 0 Å². The predicted molar refractivity (Wildman–Crippen MR) is 96.6 cm³/mol. The second-order valence-electron chi connectivity index (χ2n) is 5.43. The molecule has 2 aromatic carbocycles. The van der Waals surface area contributed by atoms with Crippen LogP contribution in [0.4, 0.5) is 0 Å². The molecule has 0 spiro atoms. The summed E-state index contributed by atoms with van der Waals surface area (Å²) in [5, 5.41) is 20.3. The molecule has 0 fully saturated rings. The SMILES string of the molecule is CCOc1cc(/C=C(\C#N)c2ccc(C(=O)[O-])cc2)ccc1OCC(N)=O. The molecule has 1 amide bonds. The molecule has 7 nitrogen and oxygen atoms in total. The molecule has 0 atom stereocenters. The number of rotatable bonds is 8. The Hall–Kier alpha value is -3.79. The maximum absolute atomic E-state index is 10.9. The first-order valence-corrected chi connectivity index (χ1v) is 8.06. The highest BCUT2D eigenvalue weighted by molar-refractivity contribution is 5.91. The molecule has 2 aromatic rings. The average molecular weight is 365 g/mol. The Labute approximate surface area is 156 Å². The van der Waals surface area contributed by atoms with Crippen LogP contribution in [0, 0.1) is 11.3 Å². The summed E-state index contributed by atoms with van der Waals surface area (Å²) in [6.45, 7) is 1.92. The summed E-state index contributed by atoms with van der Waals surface area (Å²) in [7, 11) is 0. The number of nitrogens with two attached hydrogens (primary N) is 1. The smallest absolute Gasteiger partial charge is 0.255 e. The van der Waals surface area contributed by atoms with Gasteiger partial charge in [-0.05, 0) is 41.8 Å². The van der Waals surface area contributed by atoms with E-state index in [4.69, 9.17) is 15.2 Å². The number of hydrogen-bond donors (Lipinski definition) is 1. The highest BCUT2D eigenvalue weighted by Gasteiger charge is 2.09. The zero-order chi connectivity index (χ0) is 19.8. The van der Waals surface area contributed by atoms with Gasteiger partial charge in [-0.3, -0.25) is 4.79 Å². The number of benzene rings is 2. The molecule has 0 bridgehead atoms. The van der Waals surface area contributed by atoms with E-state index in [2.05, 4.69) is 6.07 Å². The van der Waals surface area contributed by atoms with Gasteiger partial charge < -0.3 is 25.1 Å². The molecule has 0 aliphatic rings. The van der Waals surface area contributed by atoms with Gasteiger partial charge in [0.05, 0.1) is 24.2 Å². The van der Waals surface area contributed by atoms with Crippen LogP contribution >= 0.6 is 0 Å². The van der Waals surface area contributed by atoms with Crippen molar-refractivity contribution in [3.63, 3.8) is 0 Å². The third-order valence-electron chi connectivity index (χ3n) is 3.50. The maximum atomic E-state index is 10.9. The minimum Gasteiger partial charge on any atom is -0.545 e. The van der Waals surface area contributed by atoms with E-state index < -0.39 is 11.9 Å². The lowest BCUT2D eigenvalue weighted by Gasteiger charge is -2.12. The van der Waals surface area contributed by atoms with Crippen LogP contribution in [0.25, 0.3) is 11.6 Å². The number of carboxylic acids is 1. The monoisotopic (exact) mass is 365 g/mol. The fourth-order valence-electron chi connectivity index (χ4n) is 2.28. The van der Waals surface area contributed by atoms with Crippen molar-refractivity contribution in [2.24, 2.45) is 5.73 Å². The average Bonchev–Trinajstić information content (AvgIpc) is 2.65. The molecule has 138 valence electrons. The zero-order valence-corrected chi connectivity index (χ0v) is 14.6. The van der Waals surface area contributed by atoms with E-state index >= 15 is 0 Å². The number of primary amides is 1. The first-order valence-electron chi connectivity index (χ1n) is 8.06. The van der Waals surface area contributed by atoms with Crippen LogP contribution in [0.15, 0.2) is 42.5 Å². The molecule has 0 aromatic heterocycles. The number of ether oxygens (including phenoxy) is 2. The van der Waals surface area contributed by atoms with Gasteiger partial charge in [-0.25, -0.2) is 0 Å². The molecular formula is C20H17N2O5-. The molecule has 27 heavy (non-hydrogen) atoms. The molecule has 0 saturated heterocycles. The Kier molecular flexibility index (Phi) is 6.55. The van der Waals surface area contributed by atoms with Gasteiger partial charge in [-0.2, -0.15) is 5.26 Å². The van der Waals surface area contributed by atoms with Gasteiger partial charge in [-0.15, -0.1) is 0 Å². The largest absolute Gasteiger partial charge is 0.545 e. The third-order valence-corrected chi connectivity index (χ3v) is 3.50. The maximum Gasteiger partial charge on any atom is 0.255 e. The number of nitriles is 1. The van der Waals surface area contributed by atoms with E-state index in [0.717, 1.165) is 0 Å². The van der Waals surface area contributed by atoms with E-state index in [0.29, 0.717) is 34.8 Å². The minimum atomic E-state index is -1.28. The van der Waals surface area contributed by atoms with Crippen molar-refractivity contribution in [2.45, 2.75) is 6.92 Å². The van der Waals surface area contributed by atoms with Crippen molar-refractivity contribution < 1.29 is 24.2 Å². The van der Waals surface area contributed by atoms with E-state index in [1.165, 1.54) is 24.3 Å². The summed E-state index contributed by atoms with van der Waals surface area (Å²) in [6.07, 6.45) is 1.63. The third kappa shape index (κ3) is 5.34. The van der Waals surface area contributed by atoms with E-state index in [9.17, 15) is 20.0 Å². The lowest BCUT2D eigenvalue weighted by Crippen LogP contribution is -2.21. The molecule has 7 heteroatoms. The van der Waals surface area contributed by atoms with E-state index in [-0.39, 0.29) is 12.2 Å². The summed E-state index contributed by atoms with van der Waals surface area (Å²) >= 11 is 0. The van der Waals surface area contributed by atoms with Crippen molar-refractivity contribution >= 4 is 23.5 Å². The fraction of sp³-hybridized carbons (Fsp3) is 0.150. The summed E-state index contributed by atoms with van der Waals surface area (Å²) in [4.78, 5) is 21.7. The Balaban J connectivity index is 2.34. The first-order chi connectivity index (χ1) is 12.9. The highest BCUT2D eigenvalue weighted by atomic mass is 16.5. The quantitative estimate of drug-likeness (QED) is 0.556. The molecule has 2 N–H and O–H groups in total. The number of allylic oxidation sites excluding steroid dienone is 1. The lowest BCUT2D eigenvalue weighted by molar-refractivity contribution is -0.255. The summed E-state index contributed by atoms with van der Waals surface area (Å²) in [5.41, 5.74) is 6.69. The molecule has 0 aliphatic carbocycles. The van der Waals surface area contributed by atoms with Crippen LogP contribution < -0.4 is 20.3 Å². The zero-order valence-electron chi connectivity index (χ0n) is 14.6. The molecule has 2 rings (SSSR count). The normalized spacial score (nSPS) is 10.7. The van der Waals surface area contributed by atoms with Gasteiger partial charge in [-0.1, -0.05) is 30.3 Å². The van der Waals surface area contributed by atoms with Crippen molar-refractivity contribution in [3.05, 3.63) is 59.2 Å². The number of carbonyl (C=O) groups is 2. The Bertz CT molecular complexity index is 911. The summed E-state index contributed by atoms with van der Waals surface area (Å²) < 4.78 is 10.8. The first kappa shape index (κ1) is 19.5. The predicted octanol–water partition coefficient (Wildman–Crippen LogP) is 1.38. The molecule has 0 saturated carbocycles. The Morgan fingerprint density at radius 3 is 2.33 bits per heavy atom. The van der Waals surface area contributed by atoms with Crippen LogP contribution in [0.3, 0.4) is 0 Å².